The van der Waals surface area contributed by atoms with Gasteiger partial charge in [0.25, 0.3) is 5.91 Å². The number of halogens is 1. The first-order chi connectivity index (χ1) is 11.0. The van der Waals surface area contributed by atoms with Crippen molar-refractivity contribution >= 4 is 55.0 Å². The number of aryl methyl sites for hydroxylation is 1. The van der Waals surface area contributed by atoms with Crippen molar-refractivity contribution in [3.05, 3.63) is 45.8 Å². The summed E-state index contributed by atoms with van der Waals surface area (Å²) in [6.07, 6.45) is 0. The summed E-state index contributed by atoms with van der Waals surface area (Å²) in [7, 11) is 0. The summed E-state index contributed by atoms with van der Waals surface area (Å²) in [5, 5.41) is 6.21. The van der Waals surface area contributed by atoms with E-state index >= 15 is 0 Å². The Bertz CT molecular complexity index is 887. The quantitative estimate of drug-likeness (QED) is 0.711. The Morgan fingerprint density at radius 2 is 2.13 bits per heavy atom. The summed E-state index contributed by atoms with van der Waals surface area (Å²) in [5.74, 6) is -0.616. The van der Waals surface area contributed by atoms with Crippen LogP contribution in [0.4, 0.5) is 5.69 Å². The number of hydrogen-bond acceptors (Lipinski definition) is 5. The highest BCUT2D eigenvalue weighted by Gasteiger charge is 2.12. The highest BCUT2D eigenvalue weighted by Crippen LogP contribution is 2.24. The van der Waals surface area contributed by atoms with Crippen LogP contribution in [0.15, 0.2) is 39.4 Å². The van der Waals surface area contributed by atoms with Gasteiger partial charge in [0, 0.05) is 5.69 Å². The molecule has 2 aromatic heterocycles. The second-order valence-corrected chi connectivity index (χ2v) is 6.77. The molecule has 0 saturated carbocycles. The Morgan fingerprint density at radius 3 is 2.87 bits per heavy atom. The zero-order valence-corrected chi connectivity index (χ0v) is 14.5. The molecule has 0 atom stereocenters. The van der Waals surface area contributed by atoms with Crippen LogP contribution >= 0.6 is 27.3 Å². The largest absolute Gasteiger partial charge is 0.444 e. The SMILES string of the molecule is Cc1nc2ccc(NC(=O)CNC(=O)c3ccc(Br)o3)cc2s1. The van der Waals surface area contributed by atoms with E-state index < -0.39 is 5.91 Å². The van der Waals surface area contributed by atoms with E-state index in [0.717, 1.165) is 15.2 Å². The number of hydrogen-bond donors (Lipinski definition) is 2. The molecule has 0 fully saturated rings. The van der Waals surface area contributed by atoms with Gasteiger partial charge < -0.3 is 15.1 Å². The van der Waals surface area contributed by atoms with E-state index in [1.54, 1.807) is 23.5 Å². The van der Waals surface area contributed by atoms with E-state index in [4.69, 9.17) is 4.42 Å². The second-order valence-electron chi connectivity index (χ2n) is 4.75. The van der Waals surface area contributed by atoms with Crippen molar-refractivity contribution in [1.29, 1.82) is 0 Å². The molecule has 6 nitrogen and oxygen atoms in total. The van der Waals surface area contributed by atoms with E-state index in [9.17, 15) is 9.59 Å². The van der Waals surface area contributed by atoms with Gasteiger partial charge in [0.15, 0.2) is 10.4 Å². The fourth-order valence-corrected chi connectivity index (χ4v) is 3.18. The normalized spacial score (nSPS) is 10.7. The maximum Gasteiger partial charge on any atom is 0.287 e. The van der Waals surface area contributed by atoms with Crippen molar-refractivity contribution in [3.63, 3.8) is 0 Å². The molecule has 0 aliphatic rings. The summed E-state index contributed by atoms with van der Waals surface area (Å²) >= 11 is 4.68. The molecule has 0 bridgehead atoms. The molecule has 0 radical (unpaired) electrons. The standard InChI is InChI=1S/C15H12BrN3O3S/c1-8-18-10-3-2-9(6-12(10)23-8)19-14(20)7-17-15(21)11-4-5-13(16)22-11/h2-6H,7H2,1H3,(H,17,21)(H,19,20). The summed E-state index contributed by atoms with van der Waals surface area (Å²) in [6, 6.07) is 8.64. The van der Waals surface area contributed by atoms with Crippen LogP contribution < -0.4 is 10.6 Å². The number of rotatable bonds is 4. The zero-order chi connectivity index (χ0) is 16.4. The minimum atomic E-state index is -0.445. The van der Waals surface area contributed by atoms with Crippen LogP contribution in [0.3, 0.4) is 0 Å². The van der Waals surface area contributed by atoms with E-state index in [2.05, 4.69) is 31.5 Å². The fraction of sp³-hybridized carbons (Fsp3) is 0.133. The lowest BCUT2D eigenvalue weighted by Crippen LogP contribution is -2.32. The van der Waals surface area contributed by atoms with Gasteiger partial charge in [-0.05, 0) is 53.2 Å². The van der Waals surface area contributed by atoms with E-state index in [1.807, 2.05) is 19.1 Å². The molecule has 2 amide bonds. The van der Waals surface area contributed by atoms with Gasteiger partial charge >= 0.3 is 0 Å². The number of nitrogens with one attached hydrogen (secondary N) is 2. The lowest BCUT2D eigenvalue weighted by atomic mass is 10.3. The third kappa shape index (κ3) is 3.77. The number of aromatic nitrogens is 1. The molecular formula is C15H12BrN3O3S. The number of benzene rings is 1. The molecule has 1 aromatic carbocycles. The Morgan fingerprint density at radius 1 is 1.30 bits per heavy atom. The van der Waals surface area contributed by atoms with E-state index in [-0.39, 0.29) is 18.2 Å². The predicted octanol–water partition coefficient (Wildman–Crippen LogP) is 3.33. The number of amides is 2. The van der Waals surface area contributed by atoms with Gasteiger partial charge in [-0.1, -0.05) is 0 Å². The lowest BCUT2D eigenvalue weighted by Gasteiger charge is -2.06. The molecule has 3 aromatic rings. The molecule has 118 valence electrons. The Kier molecular flexibility index (Phi) is 4.44. The highest BCUT2D eigenvalue weighted by atomic mass is 79.9. The number of thiazole rings is 1. The van der Waals surface area contributed by atoms with E-state index in [0.29, 0.717) is 10.4 Å². The molecule has 3 rings (SSSR count). The number of carbonyl (C=O) groups excluding carboxylic acids is 2. The molecule has 2 N–H and O–H groups in total. The van der Waals surface area contributed by atoms with Gasteiger partial charge in [-0.25, -0.2) is 4.98 Å². The Hall–Kier alpha value is -2.19. The predicted molar refractivity (Wildman–Crippen MR) is 91.7 cm³/mol. The molecule has 8 heteroatoms. The first kappa shape index (κ1) is 15.7. The van der Waals surface area contributed by atoms with Crippen LogP contribution in [0.2, 0.25) is 0 Å². The van der Waals surface area contributed by atoms with Gasteiger partial charge in [0.05, 0.1) is 21.8 Å². The summed E-state index contributed by atoms with van der Waals surface area (Å²) < 4.78 is 6.58. The maximum absolute atomic E-state index is 11.9. The van der Waals surface area contributed by atoms with Crippen LogP contribution in [0.25, 0.3) is 10.2 Å². The van der Waals surface area contributed by atoms with Crippen LogP contribution in [0.1, 0.15) is 15.6 Å². The van der Waals surface area contributed by atoms with Crippen molar-refractivity contribution in [2.45, 2.75) is 6.92 Å². The minimum Gasteiger partial charge on any atom is -0.444 e. The fourth-order valence-electron chi connectivity index (χ4n) is 2.01. The molecule has 23 heavy (non-hydrogen) atoms. The van der Waals surface area contributed by atoms with Crippen LogP contribution in [-0.2, 0) is 4.79 Å². The maximum atomic E-state index is 11.9. The molecule has 0 aliphatic carbocycles. The topological polar surface area (TPSA) is 84.2 Å². The van der Waals surface area contributed by atoms with Crippen molar-refractivity contribution < 1.29 is 14.0 Å². The average Bonchev–Trinajstić information content (AvgIpc) is 3.09. The van der Waals surface area contributed by atoms with Crippen LogP contribution in [0.5, 0.6) is 0 Å². The van der Waals surface area contributed by atoms with Gasteiger partial charge in [0.1, 0.15) is 0 Å². The summed E-state index contributed by atoms with van der Waals surface area (Å²) in [6.45, 7) is 1.79. The zero-order valence-electron chi connectivity index (χ0n) is 12.1. The first-order valence-corrected chi connectivity index (χ1v) is 8.33. The van der Waals surface area contributed by atoms with Crippen molar-refractivity contribution in [1.82, 2.24) is 10.3 Å². The molecule has 0 aliphatic heterocycles. The van der Waals surface area contributed by atoms with Gasteiger partial charge in [-0.15, -0.1) is 11.3 Å². The summed E-state index contributed by atoms with van der Waals surface area (Å²) in [4.78, 5) is 28.1. The van der Waals surface area contributed by atoms with Crippen LogP contribution in [0, 0.1) is 6.92 Å². The molecule has 2 heterocycles. The van der Waals surface area contributed by atoms with Gasteiger partial charge in [0.2, 0.25) is 5.91 Å². The van der Waals surface area contributed by atoms with Crippen LogP contribution in [-0.4, -0.2) is 23.3 Å². The Balaban J connectivity index is 1.58. The molecule has 0 spiro atoms. The molecule has 0 saturated heterocycles. The number of nitrogens with zero attached hydrogens (tertiary/aromatic N) is 1. The van der Waals surface area contributed by atoms with Crippen molar-refractivity contribution in [3.8, 4) is 0 Å². The first-order valence-electron chi connectivity index (χ1n) is 6.72. The molecular weight excluding hydrogens is 382 g/mol. The van der Waals surface area contributed by atoms with Gasteiger partial charge in [-0.3, -0.25) is 9.59 Å². The smallest absolute Gasteiger partial charge is 0.287 e. The third-order valence-electron chi connectivity index (χ3n) is 2.99. The van der Waals surface area contributed by atoms with Crippen molar-refractivity contribution in [2.24, 2.45) is 0 Å². The lowest BCUT2D eigenvalue weighted by molar-refractivity contribution is -0.115. The highest BCUT2D eigenvalue weighted by molar-refractivity contribution is 9.10. The summed E-state index contributed by atoms with van der Waals surface area (Å²) in [5.41, 5.74) is 1.57. The number of fused-ring (bicyclic) bond motifs is 1. The van der Waals surface area contributed by atoms with Crippen molar-refractivity contribution in [2.75, 3.05) is 11.9 Å². The number of anilines is 1. The monoisotopic (exact) mass is 393 g/mol. The van der Waals surface area contributed by atoms with E-state index in [1.165, 1.54) is 6.07 Å². The Labute approximate surface area is 144 Å². The average molecular weight is 394 g/mol. The minimum absolute atomic E-state index is 0.142. The molecule has 0 unspecified atom stereocenters. The number of furan rings is 1. The third-order valence-corrected chi connectivity index (χ3v) is 4.35. The second kappa shape index (κ2) is 6.51. The van der Waals surface area contributed by atoms with Gasteiger partial charge in [-0.2, -0.15) is 0 Å². The number of carbonyl (C=O) groups is 2.